The van der Waals surface area contributed by atoms with Crippen LogP contribution in [0.25, 0.3) is 65.5 Å². The van der Waals surface area contributed by atoms with E-state index in [1.165, 1.54) is 43.4 Å². The van der Waals surface area contributed by atoms with E-state index in [9.17, 15) is 0 Å². The lowest BCUT2D eigenvalue weighted by Gasteiger charge is -2.28. The van der Waals surface area contributed by atoms with Crippen molar-refractivity contribution in [3.63, 3.8) is 0 Å². The molecule has 0 aliphatic rings. The van der Waals surface area contributed by atoms with Crippen molar-refractivity contribution in [3.8, 4) is 11.1 Å². The van der Waals surface area contributed by atoms with Crippen molar-refractivity contribution in [2.75, 3.05) is 4.90 Å². The molecule has 206 valence electrons. The Morgan fingerprint density at radius 2 is 1.16 bits per heavy atom. The van der Waals surface area contributed by atoms with Crippen molar-refractivity contribution in [2.24, 2.45) is 0 Å². The van der Waals surface area contributed by atoms with Gasteiger partial charge < -0.3 is 9.32 Å². The zero-order chi connectivity index (χ0) is 29.0. The second-order valence-electron chi connectivity index (χ2n) is 11.2. The van der Waals surface area contributed by atoms with Gasteiger partial charge in [0, 0.05) is 17.3 Å². The van der Waals surface area contributed by atoms with Gasteiger partial charge in [-0.2, -0.15) is 0 Å². The first-order chi connectivity index (χ1) is 21.8. The normalized spacial score (nSPS) is 11.6. The lowest BCUT2D eigenvalue weighted by molar-refractivity contribution is 0.654. The van der Waals surface area contributed by atoms with E-state index in [1.807, 2.05) is 12.1 Å². The third-order valence-corrected chi connectivity index (χ3v) is 8.69. The summed E-state index contributed by atoms with van der Waals surface area (Å²) < 4.78 is 6.27. The molecule has 0 atom stereocenters. The Hall–Kier alpha value is -5.93. The van der Waals surface area contributed by atoms with E-state index in [-0.39, 0.29) is 0 Å². The minimum absolute atomic E-state index is 0.642. The van der Waals surface area contributed by atoms with Crippen LogP contribution < -0.4 is 4.90 Å². The number of rotatable bonds is 4. The molecule has 0 N–H and O–H groups in total. The monoisotopic (exact) mass is 562 g/mol. The van der Waals surface area contributed by atoms with Crippen LogP contribution in [0.5, 0.6) is 0 Å². The molecule has 9 rings (SSSR count). The summed E-state index contributed by atoms with van der Waals surface area (Å²) in [6.45, 7) is 0. The Balaban J connectivity index is 1.39. The third kappa shape index (κ3) is 3.80. The van der Waals surface area contributed by atoms with Crippen molar-refractivity contribution in [1.29, 1.82) is 0 Å². The lowest BCUT2D eigenvalue weighted by atomic mass is 9.94. The van der Waals surface area contributed by atoms with Gasteiger partial charge in [0.1, 0.15) is 5.58 Å². The van der Waals surface area contributed by atoms with Gasteiger partial charge in [0.05, 0.1) is 22.1 Å². The van der Waals surface area contributed by atoms with E-state index in [1.54, 1.807) is 6.20 Å². The average Bonchev–Trinajstić information content (AvgIpc) is 3.48. The third-order valence-electron chi connectivity index (χ3n) is 8.69. The smallest absolute Gasteiger partial charge is 0.227 e. The van der Waals surface area contributed by atoms with Gasteiger partial charge in [-0.05, 0) is 80.5 Å². The predicted molar refractivity (Wildman–Crippen MR) is 184 cm³/mol. The first-order valence-corrected chi connectivity index (χ1v) is 14.9. The highest BCUT2D eigenvalue weighted by Gasteiger charge is 2.22. The molecule has 0 bridgehead atoms. The average molecular weight is 563 g/mol. The highest BCUT2D eigenvalue weighted by molar-refractivity contribution is 6.25. The molecule has 0 spiro atoms. The maximum Gasteiger partial charge on any atom is 0.227 e. The second-order valence-corrected chi connectivity index (χ2v) is 11.2. The minimum atomic E-state index is 0.642. The van der Waals surface area contributed by atoms with Gasteiger partial charge in [0.25, 0.3) is 0 Å². The molecule has 44 heavy (non-hydrogen) atoms. The van der Waals surface area contributed by atoms with E-state index in [4.69, 9.17) is 4.42 Å². The first kappa shape index (κ1) is 24.6. The van der Waals surface area contributed by atoms with Crippen LogP contribution in [0.4, 0.5) is 17.1 Å². The van der Waals surface area contributed by atoms with E-state index in [2.05, 4.69) is 149 Å². The maximum atomic E-state index is 6.27. The first-order valence-electron chi connectivity index (χ1n) is 14.9. The maximum absolute atomic E-state index is 6.27. The van der Waals surface area contributed by atoms with Crippen LogP contribution in [0.1, 0.15) is 0 Å². The molecule has 3 heteroatoms. The summed E-state index contributed by atoms with van der Waals surface area (Å²) in [5.74, 6) is 0. The fraction of sp³-hybridized carbons (Fsp3) is 0. The molecule has 0 saturated heterocycles. The van der Waals surface area contributed by atoms with Gasteiger partial charge in [-0.1, -0.05) is 109 Å². The quantitative estimate of drug-likeness (QED) is 0.200. The van der Waals surface area contributed by atoms with E-state index in [0.717, 1.165) is 33.4 Å². The van der Waals surface area contributed by atoms with Crippen LogP contribution in [0, 0.1) is 0 Å². The van der Waals surface area contributed by atoms with Crippen LogP contribution in [0.2, 0.25) is 0 Å². The molecule has 0 aliphatic carbocycles. The number of hydrogen-bond acceptors (Lipinski definition) is 3. The zero-order valence-electron chi connectivity index (χ0n) is 23.8. The van der Waals surface area contributed by atoms with Gasteiger partial charge >= 0.3 is 0 Å². The standard InChI is InChI=1S/C41H26N2O/c1-2-10-27(11-3-1)28-19-22-31(23-20-28)43(36-17-8-18-38-40(36)35-16-9-25-42-41(35)44-38)37-26-30-13-5-7-15-33(30)39-32-14-6-4-12-29(32)21-24-34(37)39/h1-26H. The highest BCUT2D eigenvalue weighted by Crippen LogP contribution is 2.47. The lowest BCUT2D eigenvalue weighted by Crippen LogP contribution is -2.11. The van der Waals surface area contributed by atoms with Gasteiger partial charge in [-0.15, -0.1) is 0 Å². The van der Waals surface area contributed by atoms with Crippen LogP contribution in [0.15, 0.2) is 162 Å². The molecule has 0 radical (unpaired) electrons. The Labute approximate surface area is 254 Å². The molecule has 7 aromatic carbocycles. The largest absolute Gasteiger partial charge is 0.438 e. The summed E-state index contributed by atoms with van der Waals surface area (Å²) in [6, 6.07) is 54.0. The van der Waals surface area contributed by atoms with Crippen molar-refractivity contribution < 1.29 is 4.42 Å². The number of pyridine rings is 1. The molecule has 0 saturated carbocycles. The fourth-order valence-electron chi connectivity index (χ4n) is 6.71. The number of fused-ring (bicyclic) bond motifs is 8. The van der Waals surface area contributed by atoms with Crippen molar-refractivity contribution in [1.82, 2.24) is 4.98 Å². The molecular formula is C41H26N2O. The molecule has 0 fully saturated rings. The number of aromatic nitrogens is 1. The summed E-state index contributed by atoms with van der Waals surface area (Å²) in [7, 11) is 0. The Morgan fingerprint density at radius 1 is 0.455 bits per heavy atom. The number of benzene rings is 7. The fourth-order valence-corrected chi connectivity index (χ4v) is 6.71. The van der Waals surface area contributed by atoms with Crippen LogP contribution in [-0.2, 0) is 0 Å². The summed E-state index contributed by atoms with van der Waals surface area (Å²) >= 11 is 0. The van der Waals surface area contributed by atoms with Gasteiger partial charge in [0.15, 0.2) is 0 Å². The molecule has 9 aromatic rings. The predicted octanol–water partition coefficient (Wildman–Crippen LogP) is 11.6. The molecule has 2 heterocycles. The van der Waals surface area contributed by atoms with Gasteiger partial charge in [0.2, 0.25) is 5.71 Å². The number of hydrogen-bond donors (Lipinski definition) is 0. The number of nitrogens with zero attached hydrogens (tertiary/aromatic N) is 2. The van der Waals surface area contributed by atoms with Crippen molar-refractivity contribution in [3.05, 3.63) is 158 Å². The summed E-state index contributed by atoms with van der Waals surface area (Å²) in [5.41, 5.74) is 7.07. The summed E-state index contributed by atoms with van der Waals surface area (Å²) in [6.07, 6.45) is 1.78. The Kier molecular flexibility index (Phi) is 5.50. The van der Waals surface area contributed by atoms with Crippen LogP contribution in [-0.4, -0.2) is 4.98 Å². The van der Waals surface area contributed by atoms with Crippen LogP contribution in [0.3, 0.4) is 0 Å². The highest BCUT2D eigenvalue weighted by atomic mass is 16.3. The summed E-state index contributed by atoms with van der Waals surface area (Å²) in [5, 5.41) is 9.42. The van der Waals surface area contributed by atoms with Gasteiger partial charge in [-0.3, -0.25) is 0 Å². The summed E-state index contributed by atoms with van der Waals surface area (Å²) in [4.78, 5) is 6.94. The molecule has 0 unspecified atom stereocenters. The van der Waals surface area contributed by atoms with E-state index >= 15 is 0 Å². The molecule has 2 aromatic heterocycles. The SMILES string of the molecule is c1ccc(-c2ccc(N(c3cc4ccccc4c4c3ccc3ccccc34)c3cccc4oc5ncccc5c34)cc2)cc1. The zero-order valence-corrected chi connectivity index (χ0v) is 23.8. The van der Waals surface area contributed by atoms with Crippen molar-refractivity contribution in [2.45, 2.75) is 0 Å². The van der Waals surface area contributed by atoms with Crippen molar-refractivity contribution >= 4 is 71.4 Å². The minimum Gasteiger partial charge on any atom is -0.438 e. The molecule has 0 amide bonds. The Morgan fingerprint density at radius 3 is 2.00 bits per heavy atom. The topological polar surface area (TPSA) is 29.3 Å². The number of furan rings is 1. The van der Waals surface area contributed by atoms with E-state index < -0.39 is 0 Å². The van der Waals surface area contributed by atoms with Crippen LogP contribution >= 0.6 is 0 Å². The van der Waals surface area contributed by atoms with E-state index in [0.29, 0.717) is 5.71 Å². The van der Waals surface area contributed by atoms with Gasteiger partial charge in [-0.25, -0.2) is 4.98 Å². The Bertz CT molecular complexity index is 2480. The second kappa shape index (κ2) is 9.82. The number of anilines is 3. The molecule has 3 nitrogen and oxygen atoms in total. The molecule has 0 aliphatic heterocycles. The molecular weight excluding hydrogens is 536 g/mol.